The van der Waals surface area contributed by atoms with Crippen LogP contribution in [0.4, 0.5) is 11.4 Å². The van der Waals surface area contributed by atoms with Gasteiger partial charge in [0.2, 0.25) is 0 Å². The van der Waals surface area contributed by atoms with Crippen LogP contribution >= 0.6 is 0 Å². The molecule has 0 saturated carbocycles. The van der Waals surface area contributed by atoms with Gasteiger partial charge in [-0.1, -0.05) is 0 Å². The third kappa shape index (κ3) is 1.65. The molecule has 0 aliphatic heterocycles. The number of anilines is 2. The van der Waals surface area contributed by atoms with Crippen LogP contribution in [0.5, 0.6) is 0 Å². The zero-order valence-electron chi connectivity index (χ0n) is 6.48. The van der Waals surface area contributed by atoms with Crippen molar-refractivity contribution in [3.8, 4) is 0 Å². The van der Waals surface area contributed by atoms with Crippen molar-refractivity contribution in [1.82, 2.24) is 4.98 Å². The van der Waals surface area contributed by atoms with Gasteiger partial charge < -0.3 is 11.5 Å². The Morgan fingerprint density at radius 3 is 2.33 bits per heavy atom. The van der Waals surface area contributed by atoms with Crippen LogP contribution in [0.2, 0.25) is 0 Å². The second kappa shape index (κ2) is 2.63. The number of nitrogens with zero attached hydrogens (tertiary/aromatic N) is 1. The van der Waals surface area contributed by atoms with Gasteiger partial charge in [0.1, 0.15) is 0 Å². The summed E-state index contributed by atoms with van der Waals surface area (Å²) in [6.07, 6.45) is 2.29. The minimum atomic E-state index is -3.29. The normalized spacial score (nSPS) is 11.4. The first-order valence-electron chi connectivity index (χ1n) is 3.12. The summed E-state index contributed by atoms with van der Waals surface area (Å²) in [7, 11) is -3.29. The molecule has 5 nitrogen and oxygen atoms in total. The summed E-state index contributed by atoms with van der Waals surface area (Å²) in [6, 6.07) is 1.24. The molecule has 0 amide bonds. The molecule has 4 N–H and O–H groups in total. The van der Waals surface area contributed by atoms with Crippen molar-refractivity contribution in [3.63, 3.8) is 0 Å². The third-order valence-corrected chi connectivity index (χ3v) is 2.31. The van der Waals surface area contributed by atoms with Crippen molar-refractivity contribution < 1.29 is 8.42 Å². The summed E-state index contributed by atoms with van der Waals surface area (Å²) in [4.78, 5) is 3.62. The van der Waals surface area contributed by atoms with Crippen LogP contribution in [0.3, 0.4) is 0 Å². The van der Waals surface area contributed by atoms with Gasteiger partial charge in [-0.15, -0.1) is 0 Å². The van der Waals surface area contributed by atoms with E-state index in [1.165, 1.54) is 12.3 Å². The van der Waals surface area contributed by atoms with Crippen molar-refractivity contribution in [3.05, 3.63) is 12.3 Å². The molecular formula is C6H9N3O2S. The highest BCUT2D eigenvalue weighted by Crippen LogP contribution is 2.15. The monoisotopic (exact) mass is 187 g/mol. The number of aromatic nitrogens is 1. The topological polar surface area (TPSA) is 99.1 Å². The molecule has 0 aliphatic carbocycles. The van der Waals surface area contributed by atoms with Gasteiger partial charge in [-0.25, -0.2) is 13.4 Å². The summed E-state index contributed by atoms with van der Waals surface area (Å²) in [5, 5.41) is -0.0609. The van der Waals surface area contributed by atoms with E-state index in [1.807, 2.05) is 0 Å². The minimum absolute atomic E-state index is 0.0609. The van der Waals surface area contributed by atoms with E-state index in [0.717, 1.165) is 6.26 Å². The molecule has 0 atom stereocenters. The highest BCUT2D eigenvalue weighted by molar-refractivity contribution is 7.90. The summed E-state index contributed by atoms with van der Waals surface area (Å²) >= 11 is 0. The molecule has 0 spiro atoms. The van der Waals surface area contributed by atoms with E-state index in [2.05, 4.69) is 4.98 Å². The molecular weight excluding hydrogens is 178 g/mol. The maximum atomic E-state index is 10.9. The molecule has 0 saturated heterocycles. The fourth-order valence-corrected chi connectivity index (χ4v) is 1.25. The van der Waals surface area contributed by atoms with Crippen LogP contribution < -0.4 is 11.5 Å². The van der Waals surface area contributed by atoms with E-state index < -0.39 is 9.84 Å². The molecule has 1 rings (SSSR count). The van der Waals surface area contributed by atoms with Crippen molar-refractivity contribution >= 4 is 21.2 Å². The van der Waals surface area contributed by atoms with Gasteiger partial charge in [-0.3, -0.25) is 0 Å². The molecule has 0 unspecified atom stereocenters. The molecule has 0 fully saturated rings. The van der Waals surface area contributed by atoms with E-state index >= 15 is 0 Å². The summed E-state index contributed by atoms with van der Waals surface area (Å²) in [5.74, 6) is 0. The van der Waals surface area contributed by atoms with Gasteiger partial charge in [0, 0.05) is 12.3 Å². The van der Waals surface area contributed by atoms with E-state index in [-0.39, 0.29) is 16.4 Å². The Kier molecular flexibility index (Phi) is 1.93. The number of rotatable bonds is 1. The molecule has 0 radical (unpaired) electrons. The Morgan fingerprint density at radius 1 is 1.33 bits per heavy atom. The smallest absolute Gasteiger partial charge is 0.192 e. The lowest BCUT2D eigenvalue weighted by Gasteiger charge is -2.00. The first-order chi connectivity index (χ1) is 5.41. The van der Waals surface area contributed by atoms with Crippen LogP contribution in [0, 0.1) is 0 Å². The first-order valence-corrected chi connectivity index (χ1v) is 5.01. The summed E-state index contributed by atoms with van der Waals surface area (Å²) < 4.78 is 21.9. The first kappa shape index (κ1) is 8.79. The van der Waals surface area contributed by atoms with Gasteiger partial charge in [-0.05, 0) is 0 Å². The second-order valence-electron chi connectivity index (χ2n) is 2.42. The number of nitrogen functional groups attached to an aromatic ring is 2. The molecule has 6 heteroatoms. The van der Waals surface area contributed by atoms with Crippen molar-refractivity contribution in [2.45, 2.75) is 5.03 Å². The highest BCUT2D eigenvalue weighted by atomic mass is 32.2. The zero-order valence-corrected chi connectivity index (χ0v) is 7.30. The summed E-state index contributed by atoms with van der Waals surface area (Å²) in [6.45, 7) is 0. The average molecular weight is 187 g/mol. The molecule has 1 aromatic rings. The van der Waals surface area contributed by atoms with Crippen LogP contribution in [-0.4, -0.2) is 19.7 Å². The molecule has 12 heavy (non-hydrogen) atoms. The standard InChI is InChI=1S/C6H9N3O2S/c1-12(10,11)6-2-4(7)5(8)3-9-6/h2-3H,8H2,1H3,(H2,7,9). The highest BCUT2D eigenvalue weighted by Gasteiger charge is 2.09. The maximum absolute atomic E-state index is 10.9. The predicted molar refractivity (Wildman–Crippen MR) is 46.2 cm³/mol. The largest absolute Gasteiger partial charge is 0.397 e. The van der Waals surface area contributed by atoms with E-state index in [0.29, 0.717) is 0 Å². The van der Waals surface area contributed by atoms with Gasteiger partial charge in [-0.2, -0.15) is 0 Å². The third-order valence-electron chi connectivity index (χ3n) is 1.32. The number of nitrogens with two attached hydrogens (primary N) is 2. The average Bonchev–Trinajstić information content (AvgIpc) is 1.92. The van der Waals surface area contributed by atoms with E-state index in [1.54, 1.807) is 0 Å². The fraction of sp³-hybridized carbons (Fsp3) is 0.167. The SMILES string of the molecule is CS(=O)(=O)c1cc(N)c(N)cn1. The van der Waals surface area contributed by atoms with Crippen molar-refractivity contribution in [1.29, 1.82) is 0 Å². The van der Waals surface area contributed by atoms with Crippen molar-refractivity contribution in [2.24, 2.45) is 0 Å². The number of hydrogen-bond acceptors (Lipinski definition) is 5. The number of hydrogen-bond donors (Lipinski definition) is 2. The lowest BCUT2D eigenvalue weighted by atomic mass is 10.4. The van der Waals surface area contributed by atoms with Crippen LogP contribution in [-0.2, 0) is 9.84 Å². The Bertz CT molecular complexity index is 399. The van der Waals surface area contributed by atoms with Gasteiger partial charge in [0.05, 0.1) is 17.6 Å². The van der Waals surface area contributed by atoms with E-state index in [9.17, 15) is 8.42 Å². The Balaban J connectivity index is 3.33. The maximum Gasteiger partial charge on any atom is 0.192 e. The van der Waals surface area contributed by atoms with Crippen LogP contribution in [0.1, 0.15) is 0 Å². The molecule has 66 valence electrons. The predicted octanol–water partition coefficient (Wildman–Crippen LogP) is -0.350. The van der Waals surface area contributed by atoms with E-state index in [4.69, 9.17) is 11.5 Å². The summed E-state index contributed by atoms with van der Waals surface area (Å²) in [5.41, 5.74) is 11.2. The number of pyridine rings is 1. The number of sulfone groups is 1. The second-order valence-corrected chi connectivity index (χ2v) is 4.39. The quantitative estimate of drug-likeness (QED) is 0.626. The fourth-order valence-electron chi connectivity index (χ4n) is 0.664. The van der Waals surface area contributed by atoms with Gasteiger partial charge >= 0.3 is 0 Å². The lowest BCUT2D eigenvalue weighted by molar-refractivity contribution is 0.598. The van der Waals surface area contributed by atoms with Crippen molar-refractivity contribution in [2.75, 3.05) is 17.7 Å². The minimum Gasteiger partial charge on any atom is -0.397 e. The molecule has 1 aromatic heterocycles. The van der Waals surface area contributed by atoms with Gasteiger partial charge in [0.25, 0.3) is 0 Å². The Labute approximate surface area is 70.3 Å². The molecule has 0 aliphatic rings. The van der Waals surface area contributed by atoms with Crippen LogP contribution in [0.25, 0.3) is 0 Å². The molecule has 0 bridgehead atoms. The van der Waals surface area contributed by atoms with Crippen LogP contribution in [0.15, 0.2) is 17.3 Å². The lowest BCUT2D eigenvalue weighted by Crippen LogP contribution is -2.03. The van der Waals surface area contributed by atoms with Gasteiger partial charge in [0.15, 0.2) is 14.9 Å². The Morgan fingerprint density at radius 2 is 1.92 bits per heavy atom. The molecule has 0 aromatic carbocycles. The Hall–Kier alpha value is -1.30. The zero-order chi connectivity index (χ0) is 9.35. The molecule has 1 heterocycles.